The molecule has 1 aliphatic rings. The van der Waals surface area contributed by atoms with Gasteiger partial charge in [-0.15, -0.1) is 0 Å². The number of rotatable bonds is 2. The van der Waals surface area contributed by atoms with Gasteiger partial charge in [-0.3, -0.25) is 0 Å². The fourth-order valence-electron chi connectivity index (χ4n) is 2.32. The summed E-state index contributed by atoms with van der Waals surface area (Å²) in [5.74, 6) is 0.795. The molecule has 2 rings (SSSR count). The van der Waals surface area contributed by atoms with Gasteiger partial charge in [-0.2, -0.15) is 0 Å². The Morgan fingerprint density at radius 2 is 2.27 bits per heavy atom. The van der Waals surface area contributed by atoms with Gasteiger partial charge < -0.3 is 5.32 Å². The Morgan fingerprint density at radius 1 is 1.47 bits per heavy atom. The number of halogens is 1. The highest BCUT2D eigenvalue weighted by Gasteiger charge is 2.18. The van der Waals surface area contributed by atoms with Crippen molar-refractivity contribution >= 4 is 17.3 Å². The molecular formula is C13H18ClN. The standard InChI is InChI=1S/C13H18ClN/c1-3-4-10-6-11-5-9(2)12(14)7-13(11)15-8-10/h5,7,10,15H,3-4,6,8H2,1-2H3. The van der Waals surface area contributed by atoms with Crippen molar-refractivity contribution in [1.29, 1.82) is 0 Å². The minimum absolute atomic E-state index is 0.795. The molecule has 82 valence electrons. The summed E-state index contributed by atoms with van der Waals surface area (Å²) in [5, 5.41) is 4.35. The van der Waals surface area contributed by atoms with E-state index in [-0.39, 0.29) is 0 Å². The second kappa shape index (κ2) is 4.44. The number of anilines is 1. The molecule has 0 spiro atoms. The molecule has 2 heteroatoms. The van der Waals surface area contributed by atoms with Crippen molar-refractivity contribution in [2.75, 3.05) is 11.9 Å². The maximum atomic E-state index is 6.10. The Labute approximate surface area is 96.8 Å². The molecule has 1 aromatic carbocycles. The second-order valence-electron chi connectivity index (χ2n) is 4.50. The van der Waals surface area contributed by atoms with E-state index in [9.17, 15) is 0 Å². The van der Waals surface area contributed by atoms with E-state index < -0.39 is 0 Å². The van der Waals surface area contributed by atoms with Crippen molar-refractivity contribution < 1.29 is 0 Å². The quantitative estimate of drug-likeness (QED) is 0.798. The molecule has 1 aliphatic heterocycles. The zero-order chi connectivity index (χ0) is 10.8. The van der Waals surface area contributed by atoms with Crippen LogP contribution >= 0.6 is 11.6 Å². The zero-order valence-corrected chi connectivity index (χ0v) is 10.2. The highest BCUT2D eigenvalue weighted by Crippen LogP contribution is 2.31. The second-order valence-corrected chi connectivity index (χ2v) is 4.91. The SMILES string of the molecule is CCCC1CNc2cc(Cl)c(C)cc2C1. The fraction of sp³-hybridized carbons (Fsp3) is 0.538. The number of hydrogen-bond acceptors (Lipinski definition) is 1. The lowest BCUT2D eigenvalue weighted by Crippen LogP contribution is -2.23. The zero-order valence-electron chi connectivity index (χ0n) is 9.44. The largest absolute Gasteiger partial charge is 0.384 e. The third-order valence-corrected chi connectivity index (χ3v) is 3.58. The predicted octanol–water partition coefficient (Wildman–Crippen LogP) is 4.03. The average molecular weight is 224 g/mol. The van der Waals surface area contributed by atoms with Gasteiger partial charge >= 0.3 is 0 Å². The Bertz CT molecular complexity index is 360. The first-order valence-corrected chi connectivity index (χ1v) is 6.11. The third-order valence-electron chi connectivity index (χ3n) is 3.17. The maximum Gasteiger partial charge on any atom is 0.0455 e. The van der Waals surface area contributed by atoms with Crippen molar-refractivity contribution in [3.05, 3.63) is 28.3 Å². The molecule has 0 saturated carbocycles. The van der Waals surface area contributed by atoms with E-state index in [1.165, 1.54) is 36.1 Å². The van der Waals surface area contributed by atoms with Crippen molar-refractivity contribution in [1.82, 2.24) is 0 Å². The fourth-order valence-corrected chi connectivity index (χ4v) is 2.49. The summed E-state index contributed by atoms with van der Waals surface area (Å²) in [5.41, 5.74) is 3.86. The van der Waals surface area contributed by atoms with E-state index in [2.05, 4.69) is 31.3 Å². The Kier molecular flexibility index (Phi) is 3.20. The van der Waals surface area contributed by atoms with Crippen LogP contribution < -0.4 is 5.32 Å². The normalized spacial score (nSPS) is 19.5. The molecule has 1 heterocycles. The van der Waals surface area contributed by atoms with Crippen LogP contribution in [0.15, 0.2) is 12.1 Å². The molecule has 15 heavy (non-hydrogen) atoms. The van der Waals surface area contributed by atoms with Crippen LogP contribution in [0.25, 0.3) is 0 Å². The summed E-state index contributed by atoms with van der Waals surface area (Å²) in [6, 6.07) is 4.29. The van der Waals surface area contributed by atoms with Gasteiger partial charge in [0.1, 0.15) is 0 Å². The predicted molar refractivity (Wildman–Crippen MR) is 66.8 cm³/mol. The summed E-state index contributed by atoms with van der Waals surface area (Å²) in [6.45, 7) is 5.43. The summed E-state index contributed by atoms with van der Waals surface area (Å²) < 4.78 is 0. The van der Waals surface area contributed by atoms with Gasteiger partial charge in [0.15, 0.2) is 0 Å². The molecule has 0 aliphatic carbocycles. The summed E-state index contributed by atoms with van der Waals surface area (Å²) in [4.78, 5) is 0. The molecule has 1 atom stereocenters. The molecule has 0 amide bonds. The maximum absolute atomic E-state index is 6.10. The van der Waals surface area contributed by atoms with Crippen LogP contribution in [-0.2, 0) is 6.42 Å². The van der Waals surface area contributed by atoms with Gasteiger partial charge in [0, 0.05) is 17.3 Å². The molecule has 1 nitrogen and oxygen atoms in total. The van der Waals surface area contributed by atoms with E-state index in [4.69, 9.17) is 11.6 Å². The molecule has 1 aromatic rings. The lowest BCUT2D eigenvalue weighted by atomic mass is 9.90. The number of nitrogens with one attached hydrogen (secondary N) is 1. The molecule has 1 unspecified atom stereocenters. The van der Waals surface area contributed by atoms with Crippen LogP contribution in [0.1, 0.15) is 30.9 Å². The minimum Gasteiger partial charge on any atom is -0.384 e. The lowest BCUT2D eigenvalue weighted by molar-refractivity contribution is 0.489. The van der Waals surface area contributed by atoms with Crippen molar-refractivity contribution in [3.8, 4) is 0 Å². The van der Waals surface area contributed by atoms with E-state index in [1.54, 1.807) is 0 Å². The van der Waals surface area contributed by atoms with E-state index in [1.807, 2.05) is 0 Å². The summed E-state index contributed by atoms with van der Waals surface area (Å²) >= 11 is 6.10. The van der Waals surface area contributed by atoms with Crippen LogP contribution in [0, 0.1) is 12.8 Å². The van der Waals surface area contributed by atoms with Crippen molar-refractivity contribution in [2.45, 2.75) is 33.1 Å². The minimum atomic E-state index is 0.795. The van der Waals surface area contributed by atoms with Gasteiger partial charge in [-0.25, -0.2) is 0 Å². The molecule has 0 fully saturated rings. The molecule has 1 N–H and O–H groups in total. The molecule has 0 saturated heterocycles. The Morgan fingerprint density at radius 3 is 3.00 bits per heavy atom. The number of aryl methyl sites for hydroxylation is 1. The number of fused-ring (bicyclic) bond motifs is 1. The first-order chi connectivity index (χ1) is 7.20. The van der Waals surface area contributed by atoms with E-state index in [0.717, 1.165) is 17.5 Å². The molecule has 0 aromatic heterocycles. The average Bonchev–Trinajstić information content (AvgIpc) is 2.21. The van der Waals surface area contributed by atoms with Crippen molar-refractivity contribution in [3.63, 3.8) is 0 Å². The Hall–Kier alpha value is -0.690. The molecule has 0 radical (unpaired) electrons. The first-order valence-electron chi connectivity index (χ1n) is 5.73. The number of benzene rings is 1. The van der Waals surface area contributed by atoms with Crippen LogP contribution in [0.2, 0.25) is 5.02 Å². The van der Waals surface area contributed by atoms with Crippen LogP contribution in [-0.4, -0.2) is 6.54 Å². The van der Waals surface area contributed by atoms with Gasteiger partial charge in [0.25, 0.3) is 0 Å². The van der Waals surface area contributed by atoms with Crippen LogP contribution in [0.3, 0.4) is 0 Å². The summed E-state index contributed by atoms with van der Waals surface area (Å²) in [7, 11) is 0. The van der Waals surface area contributed by atoms with Gasteiger partial charge in [-0.05, 0) is 42.9 Å². The van der Waals surface area contributed by atoms with E-state index in [0.29, 0.717) is 0 Å². The Balaban J connectivity index is 2.22. The van der Waals surface area contributed by atoms with E-state index >= 15 is 0 Å². The summed E-state index contributed by atoms with van der Waals surface area (Å²) in [6.07, 6.45) is 3.79. The monoisotopic (exact) mass is 223 g/mol. The topological polar surface area (TPSA) is 12.0 Å². The third kappa shape index (κ3) is 2.28. The molecule has 0 bridgehead atoms. The van der Waals surface area contributed by atoms with Gasteiger partial charge in [-0.1, -0.05) is 31.0 Å². The highest BCUT2D eigenvalue weighted by molar-refractivity contribution is 6.31. The smallest absolute Gasteiger partial charge is 0.0455 e. The highest BCUT2D eigenvalue weighted by atomic mass is 35.5. The van der Waals surface area contributed by atoms with Gasteiger partial charge in [0.2, 0.25) is 0 Å². The van der Waals surface area contributed by atoms with Crippen LogP contribution in [0.4, 0.5) is 5.69 Å². The number of hydrogen-bond donors (Lipinski definition) is 1. The van der Waals surface area contributed by atoms with Gasteiger partial charge in [0.05, 0.1) is 0 Å². The lowest BCUT2D eigenvalue weighted by Gasteiger charge is -2.26. The van der Waals surface area contributed by atoms with Crippen LogP contribution in [0.5, 0.6) is 0 Å². The first kappa shape index (κ1) is 10.8. The molecular weight excluding hydrogens is 206 g/mol. The van der Waals surface area contributed by atoms with Crippen molar-refractivity contribution in [2.24, 2.45) is 5.92 Å².